The molecule has 1 saturated heterocycles. The van der Waals surface area contributed by atoms with Crippen LogP contribution in [0.1, 0.15) is 25.0 Å². The second kappa shape index (κ2) is 11.7. The molecular formula is C22H35N5O3. The van der Waals surface area contributed by atoms with Crippen molar-refractivity contribution in [3.63, 3.8) is 0 Å². The van der Waals surface area contributed by atoms with Gasteiger partial charge in [0, 0.05) is 38.4 Å². The quantitative estimate of drug-likeness (QED) is 0.622. The molecule has 8 nitrogen and oxygen atoms in total. The zero-order valence-electron chi connectivity index (χ0n) is 18.7. The molecule has 1 fully saturated rings. The first-order valence-electron chi connectivity index (χ1n) is 10.7. The summed E-state index contributed by atoms with van der Waals surface area (Å²) < 4.78 is 0. The summed E-state index contributed by atoms with van der Waals surface area (Å²) in [5.41, 5.74) is 2.97. The molecule has 1 aromatic carbocycles. The zero-order chi connectivity index (χ0) is 22.1. The number of nitrogens with zero attached hydrogens (tertiary/aromatic N) is 3. The van der Waals surface area contributed by atoms with Gasteiger partial charge in [0.05, 0.1) is 19.6 Å². The zero-order valence-corrected chi connectivity index (χ0v) is 18.7. The molecule has 0 unspecified atom stereocenters. The molecule has 1 aromatic rings. The Balaban J connectivity index is 1.77. The van der Waals surface area contributed by atoms with E-state index >= 15 is 0 Å². The minimum absolute atomic E-state index is 0.0285. The van der Waals surface area contributed by atoms with Gasteiger partial charge in [-0.25, -0.2) is 0 Å². The summed E-state index contributed by atoms with van der Waals surface area (Å²) in [6.45, 7) is 12.3. The number of anilines is 1. The van der Waals surface area contributed by atoms with Crippen LogP contribution in [-0.4, -0.2) is 91.3 Å². The van der Waals surface area contributed by atoms with E-state index in [2.05, 4.69) is 15.5 Å². The molecule has 1 heterocycles. The van der Waals surface area contributed by atoms with E-state index in [0.717, 1.165) is 16.8 Å². The Morgan fingerprint density at radius 2 is 1.60 bits per heavy atom. The highest BCUT2D eigenvalue weighted by molar-refractivity contribution is 5.93. The predicted octanol–water partition coefficient (Wildman–Crippen LogP) is 0.844. The molecule has 0 aliphatic carbocycles. The van der Waals surface area contributed by atoms with Gasteiger partial charge in [-0.1, -0.05) is 25.1 Å². The second-order valence-electron chi connectivity index (χ2n) is 7.73. The number of amides is 3. The molecule has 1 aliphatic rings. The van der Waals surface area contributed by atoms with Crippen LogP contribution < -0.4 is 10.6 Å². The molecule has 2 N–H and O–H groups in total. The maximum absolute atomic E-state index is 12.6. The summed E-state index contributed by atoms with van der Waals surface area (Å²) in [4.78, 5) is 42.6. The van der Waals surface area contributed by atoms with E-state index in [0.29, 0.717) is 45.8 Å². The molecular weight excluding hydrogens is 382 g/mol. The normalized spacial score (nSPS) is 14.6. The summed E-state index contributed by atoms with van der Waals surface area (Å²) in [6.07, 6.45) is 0. The summed E-state index contributed by atoms with van der Waals surface area (Å²) >= 11 is 0. The number of piperazine rings is 1. The van der Waals surface area contributed by atoms with Crippen LogP contribution in [0.4, 0.5) is 5.69 Å². The Bertz CT molecular complexity index is 724. The van der Waals surface area contributed by atoms with E-state index in [1.165, 1.54) is 0 Å². The number of para-hydroxylation sites is 1. The van der Waals surface area contributed by atoms with Crippen LogP contribution in [-0.2, 0) is 14.4 Å². The van der Waals surface area contributed by atoms with E-state index in [1.54, 1.807) is 0 Å². The number of carbonyl (C=O) groups is 3. The molecule has 0 aromatic heterocycles. The van der Waals surface area contributed by atoms with E-state index in [1.807, 2.05) is 55.7 Å². The molecule has 0 bridgehead atoms. The van der Waals surface area contributed by atoms with E-state index in [4.69, 9.17) is 0 Å². The molecule has 0 radical (unpaired) electrons. The number of rotatable bonds is 9. The lowest BCUT2D eigenvalue weighted by Gasteiger charge is -2.35. The fourth-order valence-electron chi connectivity index (χ4n) is 3.58. The van der Waals surface area contributed by atoms with Gasteiger partial charge in [0.15, 0.2) is 0 Å². The average Bonchev–Trinajstić information content (AvgIpc) is 2.71. The Morgan fingerprint density at radius 3 is 2.17 bits per heavy atom. The molecule has 2 rings (SSSR count). The van der Waals surface area contributed by atoms with Crippen molar-refractivity contribution in [1.82, 2.24) is 20.0 Å². The molecule has 30 heavy (non-hydrogen) atoms. The second-order valence-corrected chi connectivity index (χ2v) is 7.73. The molecule has 0 saturated carbocycles. The van der Waals surface area contributed by atoms with Crippen molar-refractivity contribution < 1.29 is 14.4 Å². The number of likely N-dealkylation sites (N-methyl/N-ethyl adjacent to an activating group) is 2. The number of benzene rings is 1. The topological polar surface area (TPSA) is 85.0 Å². The number of nitrogens with one attached hydrogen (secondary N) is 2. The molecule has 166 valence electrons. The monoisotopic (exact) mass is 417 g/mol. The van der Waals surface area contributed by atoms with Gasteiger partial charge in [-0.2, -0.15) is 0 Å². The van der Waals surface area contributed by atoms with Gasteiger partial charge in [-0.05, 0) is 38.4 Å². The first-order chi connectivity index (χ1) is 14.3. The van der Waals surface area contributed by atoms with Crippen molar-refractivity contribution in [2.24, 2.45) is 0 Å². The number of aryl methyl sites for hydroxylation is 2. The van der Waals surface area contributed by atoms with Gasteiger partial charge in [-0.15, -0.1) is 0 Å². The predicted molar refractivity (Wildman–Crippen MR) is 118 cm³/mol. The first-order valence-corrected chi connectivity index (χ1v) is 10.7. The van der Waals surface area contributed by atoms with Gasteiger partial charge < -0.3 is 15.5 Å². The van der Waals surface area contributed by atoms with Crippen LogP contribution in [0.2, 0.25) is 0 Å². The lowest BCUT2D eigenvalue weighted by Crippen LogP contribution is -2.53. The van der Waals surface area contributed by atoms with Gasteiger partial charge in [0.1, 0.15) is 0 Å². The molecule has 1 aliphatic heterocycles. The first kappa shape index (κ1) is 23.8. The summed E-state index contributed by atoms with van der Waals surface area (Å²) in [5.74, 6) is -0.0704. The summed E-state index contributed by atoms with van der Waals surface area (Å²) in [6, 6.07) is 5.95. The summed E-state index contributed by atoms with van der Waals surface area (Å²) in [5, 5.41) is 5.78. The van der Waals surface area contributed by atoms with Gasteiger partial charge in [0.25, 0.3) is 0 Å². The average molecular weight is 418 g/mol. The molecule has 3 amide bonds. The fraction of sp³-hybridized carbons (Fsp3) is 0.591. The van der Waals surface area contributed by atoms with Crippen molar-refractivity contribution >= 4 is 23.4 Å². The van der Waals surface area contributed by atoms with Crippen LogP contribution in [0.25, 0.3) is 0 Å². The van der Waals surface area contributed by atoms with Crippen LogP contribution in [0, 0.1) is 13.8 Å². The van der Waals surface area contributed by atoms with Crippen molar-refractivity contribution in [1.29, 1.82) is 0 Å². The van der Waals surface area contributed by atoms with E-state index in [-0.39, 0.29) is 30.8 Å². The van der Waals surface area contributed by atoms with Crippen LogP contribution in [0.3, 0.4) is 0 Å². The number of hydrogen-bond donors (Lipinski definition) is 2. The van der Waals surface area contributed by atoms with E-state index < -0.39 is 0 Å². The van der Waals surface area contributed by atoms with Gasteiger partial charge >= 0.3 is 0 Å². The Morgan fingerprint density at radius 1 is 0.967 bits per heavy atom. The highest BCUT2D eigenvalue weighted by atomic mass is 16.2. The van der Waals surface area contributed by atoms with E-state index in [9.17, 15) is 14.4 Å². The van der Waals surface area contributed by atoms with Crippen LogP contribution >= 0.6 is 0 Å². The Hall–Kier alpha value is -2.45. The minimum Gasteiger partial charge on any atom is -0.355 e. The highest BCUT2D eigenvalue weighted by Gasteiger charge is 2.24. The largest absolute Gasteiger partial charge is 0.355 e. The Labute approximate surface area is 179 Å². The maximum Gasteiger partial charge on any atom is 0.238 e. The van der Waals surface area contributed by atoms with Crippen LogP contribution in [0.15, 0.2) is 18.2 Å². The minimum atomic E-state index is -0.0631. The van der Waals surface area contributed by atoms with Gasteiger partial charge in [0.2, 0.25) is 17.7 Å². The third-order valence-electron chi connectivity index (χ3n) is 5.38. The number of hydrogen-bond acceptors (Lipinski definition) is 5. The molecule has 0 atom stereocenters. The van der Waals surface area contributed by atoms with Crippen molar-refractivity contribution in [3.8, 4) is 0 Å². The van der Waals surface area contributed by atoms with Crippen molar-refractivity contribution in [2.45, 2.75) is 27.7 Å². The van der Waals surface area contributed by atoms with Crippen molar-refractivity contribution in [3.05, 3.63) is 29.3 Å². The summed E-state index contributed by atoms with van der Waals surface area (Å²) in [7, 11) is 0. The highest BCUT2D eigenvalue weighted by Crippen LogP contribution is 2.19. The third-order valence-corrected chi connectivity index (χ3v) is 5.38. The fourth-order valence-corrected chi connectivity index (χ4v) is 3.58. The Kier molecular flexibility index (Phi) is 9.26. The van der Waals surface area contributed by atoms with Crippen LogP contribution in [0.5, 0.6) is 0 Å². The maximum atomic E-state index is 12.6. The molecule has 8 heteroatoms. The lowest BCUT2D eigenvalue weighted by atomic mass is 10.1. The lowest BCUT2D eigenvalue weighted by molar-refractivity contribution is -0.134. The SMILES string of the molecule is CCNC(=O)CN(CC)CC(=O)N1CCN(CC(=O)Nc2c(C)cccc2C)CC1. The third kappa shape index (κ3) is 7.11. The van der Waals surface area contributed by atoms with Gasteiger partial charge in [-0.3, -0.25) is 24.2 Å². The smallest absolute Gasteiger partial charge is 0.238 e. The standard InChI is InChI=1S/C22H35N5O3/c1-5-23-19(28)14-25(6-2)16-21(30)27-12-10-26(11-13-27)15-20(29)24-22-17(3)8-7-9-18(22)4/h7-9H,5-6,10-16H2,1-4H3,(H,23,28)(H,24,29). The number of carbonyl (C=O) groups excluding carboxylic acids is 3. The molecule has 0 spiro atoms. The van der Waals surface area contributed by atoms with Crippen molar-refractivity contribution in [2.75, 3.05) is 64.2 Å².